The Morgan fingerprint density at radius 1 is 0.806 bits per heavy atom. The van der Waals surface area contributed by atoms with Gasteiger partial charge in [-0.1, -0.05) is 47.4 Å². The van der Waals surface area contributed by atoms with E-state index in [1.165, 1.54) is 14.7 Å². The van der Waals surface area contributed by atoms with E-state index in [1.807, 2.05) is 13.8 Å². The van der Waals surface area contributed by atoms with Crippen molar-refractivity contribution in [3.8, 4) is 11.8 Å². The molecule has 0 heterocycles. The van der Waals surface area contributed by atoms with Gasteiger partial charge in [-0.25, -0.2) is 16.8 Å². The van der Waals surface area contributed by atoms with Crippen LogP contribution < -0.4 is 0 Å². The van der Waals surface area contributed by atoms with E-state index in [-0.39, 0.29) is 36.0 Å². The second-order valence-corrected chi connectivity index (χ2v) is 10.9. The summed E-state index contributed by atoms with van der Waals surface area (Å²) < 4.78 is 54.9. The Morgan fingerprint density at radius 2 is 1.23 bits per heavy atom. The molecule has 0 bridgehead atoms. The van der Waals surface area contributed by atoms with Crippen molar-refractivity contribution in [1.82, 2.24) is 8.61 Å². The SMILES string of the molecule is C=CCN(CCN(CC#CC)S(=O)(=O)c1ccc(C)cc1)S(=O)(=O)c1ccc(C)cc1. The van der Waals surface area contributed by atoms with Crippen LogP contribution in [0.4, 0.5) is 0 Å². The molecule has 2 rings (SSSR count). The van der Waals surface area contributed by atoms with Gasteiger partial charge in [-0.2, -0.15) is 8.61 Å². The Morgan fingerprint density at radius 3 is 1.65 bits per heavy atom. The Labute approximate surface area is 186 Å². The molecule has 2 aromatic carbocycles. The monoisotopic (exact) mass is 460 g/mol. The molecule has 0 N–H and O–H groups in total. The molecular weight excluding hydrogens is 432 g/mol. The fourth-order valence-corrected chi connectivity index (χ4v) is 5.58. The van der Waals surface area contributed by atoms with Crippen LogP contribution in [0, 0.1) is 25.7 Å². The van der Waals surface area contributed by atoms with Gasteiger partial charge < -0.3 is 0 Å². The lowest BCUT2D eigenvalue weighted by molar-refractivity contribution is 0.376. The van der Waals surface area contributed by atoms with Crippen molar-refractivity contribution < 1.29 is 16.8 Å². The van der Waals surface area contributed by atoms with Crippen LogP contribution in [0.25, 0.3) is 0 Å². The van der Waals surface area contributed by atoms with Crippen molar-refractivity contribution in [2.45, 2.75) is 30.6 Å². The molecule has 6 nitrogen and oxygen atoms in total. The molecule has 0 aromatic heterocycles. The van der Waals surface area contributed by atoms with E-state index >= 15 is 0 Å². The van der Waals surface area contributed by atoms with Gasteiger partial charge in [0.25, 0.3) is 0 Å². The molecule has 8 heteroatoms. The average molecular weight is 461 g/mol. The summed E-state index contributed by atoms with van der Waals surface area (Å²) in [5, 5.41) is 0. The van der Waals surface area contributed by atoms with E-state index in [0.29, 0.717) is 0 Å². The van der Waals surface area contributed by atoms with Gasteiger partial charge in [0.05, 0.1) is 16.3 Å². The number of aryl methyl sites for hydroxylation is 2. The molecule has 0 saturated heterocycles. The van der Waals surface area contributed by atoms with Gasteiger partial charge in [0.15, 0.2) is 0 Å². The van der Waals surface area contributed by atoms with Crippen LogP contribution in [-0.2, 0) is 20.0 Å². The Hall–Kier alpha value is -2.44. The molecule has 166 valence electrons. The molecule has 0 aliphatic rings. The van der Waals surface area contributed by atoms with Crippen molar-refractivity contribution in [3.05, 3.63) is 72.3 Å². The van der Waals surface area contributed by atoms with Gasteiger partial charge >= 0.3 is 0 Å². The number of rotatable bonds is 10. The van der Waals surface area contributed by atoms with Gasteiger partial charge in [0, 0.05) is 19.6 Å². The minimum Gasteiger partial charge on any atom is -0.207 e. The third kappa shape index (κ3) is 6.28. The summed E-state index contributed by atoms with van der Waals surface area (Å²) in [6.45, 7) is 8.99. The fraction of sp³-hybridized carbons (Fsp3) is 0.304. The molecule has 2 aromatic rings. The first-order valence-corrected chi connectivity index (χ1v) is 12.6. The molecule has 31 heavy (non-hydrogen) atoms. The number of hydrogen-bond donors (Lipinski definition) is 0. The molecule has 0 unspecified atom stereocenters. The number of benzene rings is 2. The zero-order valence-electron chi connectivity index (χ0n) is 18.1. The smallest absolute Gasteiger partial charge is 0.207 e. The standard InChI is InChI=1S/C23H28N2O4S2/c1-5-7-17-25(31(28,29)23-14-10-21(4)11-15-23)19-18-24(16-6-2)30(26,27)22-12-8-20(3)9-13-22/h6,8-15H,2,16-19H2,1,3-4H3. The highest BCUT2D eigenvalue weighted by molar-refractivity contribution is 7.89. The molecule has 0 saturated carbocycles. The van der Waals surface area contributed by atoms with Crippen LogP contribution in [-0.4, -0.2) is 51.6 Å². The second-order valence-electron chi connectivity index (χ2n) is 7.04. The van der Waals surface area contributed by atoms with Gasteiger partial charge in [0.2, 0.25) is 20.0 Å². The molecular formula is C23H28N2O4S2. The van der Waals surface area contributed by atoms with Crippen LogP contribution in [0.2, 0.25) is 0 Å². The second kappa shape index (κ2) is 10.7. The zero-order valence-corrected chi connectivity index (χ0v) is 19.7. The van der Waals surface area contributed by atoms with E-state index in [4.69, 9.17) is 0 Å². The largest absolute Gasteiger partial charge is 0.243 e. The van der Waals surface area contributed by atoms with Crippen LogP contribution in [0.1, 0.15) is 18.1 Å². The molecule has 0 radical (unpaired) electrons. The Kier molecular flexibility index (Phi) is 8.60. The quantitative estimate of drug-likeness (QED) is 0.403. The minimum absolute atomic E-state index is 0.0286. The van der Waals surface area contributed by atoms with Gasteiger partial charge in [-0.05, 0) is 45.0 Å². The number of nitrogens with zero attached hydrogens (tertiary/aromatic N) is 2. The molecule has 0 spiro atoms. The van der Waals surface area contributed by atoms with Gasteiger partial charge in [-0.3, -0.25) is 0 Å². The van der Waals surface area contributed by atoms with Crippen LogP contribution in [0.5, 0.6) is 0 Å². The third-order valence-corrected chi connectivity index (χ3v) is 8.42. The first-order chi connectivity index (χ1) is 14.6. The van der Waals surface area contributed by atoms with Crippen molar-refractivity contribution in [1.29, 1.82) is 0 Å². The molecule has 0 aliphatic heterocycles. The predicted molar refractivity (Wildman–Crippen MR) is 124 cm³/mol. The summed E-state index contributed by atoms with van der Waals surface area (Å²) >= 11 is 0. The van der Waals surface area contributed by atoms with Crippen LogP contribution >= 0.6 is 0 Å². The summed E-state index contributed by atoms with van der Waals surface area (Å²) in [6.07, 6.45) is 1.48. The fourth-order valence-electron chi connectivity index (χ4n) is 2.85. The molecule has 0 atom stereocenters. The number of hydrogen-bond acceptors (Lipinski definition) is 4. The predicted octanol–water partition coefficient (Wildman–Crippen LogP) is 3.19. The molecule has 0 amide bonds. The minimum atomic E-state index is -3.83. The highest BCUT2D eigenvalue weighted by Crippen LogP contribution is 2.19. The van der Waals surface area contributed by atoms with E-state index in [0.717, 1.165) is 11.1 Å². The van der Waals surface area contributed by atoms with E-state index in [1.54, 1.807) is 55.5 Å². The van der Waals surface area contributed by atoms with Crippen LogP contribution in [0.15, 0.2) is 71.0 Å². The maximum atomic E-state index is 13.1. The topological polar surface area (TPSA) is 74.8 Å². The van der Waals surface area contributed by atoms with Crippen LogP contribution in [0.3, 0.4) is 0 Å². The Bertz CT molecular complexity index is 1160. The summed E-state index contributed by atoms with van der Waals surface area (Å²) in [5.74, 6) is 5.48. The summed E-state index contributed by atoms with van der Waals surface area (Å²) in [6, 6.07) is 13.1. The zero-order chi connectivity index (χ0) is 23.1. The van der Waals surface area contributed by atoms with Crippen molar-refractivity contribution in [2.24, 2.45) is 0 Å². The van der Waals surface area contributed by atoms with Crippen molar-refractivity contribution in [2.75, 3.05) is 26.2 Å². The maximum absolute atomic E-state index is 13.1. The maximum Gasteiger partial charge on any atom is 0.243 e. The van der Waals surface area contributed by atoms with E-state index in [2.05, 4.69) is 18.4 Å². The third-order valence-electron chi connectivity index (χ3n) is 4.68. The lowest BCUT2D eigenvalue weighted by atomic mass is 10.2. The first-order valence-electron chi connectivity index (χ1n) is 9.77. The van der Waals surface area contributed by atoms with E-state index in [9.17, 15) is 16.8 Å². The van der Waals surface area contributed by atoms with Gasteiger partial charge in [-0.15, -0.1) is 12.5 Å². The average Bonchev–Trinajstić information content (AvgIpc) is 2.73. The highest BCUT2D eigenvalue weighted by Gasteiger charge is 2.28. The lowest BCUT2D eigenvalue weighted by Crippen LogP contribution is -2.41. The Balaban J connectivity index is 2.32. The van der Waals surface area contributed by atoms with Crippen molar-refractivity contribution >= 4 is 20.0 Å². The molecule has 0 aliphatic carbocycles. The first kappa shape index (κ1) is 24.8. The van der Waals surface area contributed by atoms with Crippen molar-refractivity contribution in [3.63, 3.8) is 0 Å². The number of sulfonamides is 2. The normalized spacial score (nSPS) is 11.9. The summed E-state index contributed by atoms with van der Waals surface area (Å²) in [7, 11) is -7.64. The van der Waals surface area contributed by atoms with Gasteiger partial charge in [0.1, 0.15) is 0 Å². The summed E-state index contributed by atoms with van der Waals surface area (Å²) in [4.78, 5) is 0.300. The summed E-state index contributed by atoms with van der Waals surface area (Å²) in [5.41, 5.74) is 1.89. The lowest BCUT2D eigenvalue weighted by Gasteiger charge is -2.25. The van der Waals surface area contributed by atoms with E-state index < -0.39 is 20.0 Å². The highest BCUT2D eigenvalue weighted by atomic mass is 32.2. The molecule has 0 fully saturated rings.